The van der Waals surface area contributed by atoms with Crippen LogP contribution in [-0.2, 0) is 4.74 Å². The molecule has 1 fully saturated rings. The molecule has 3 nitrogen and oxygen atoms in total. The van der Waals surface area contributed by atoms with Crippen LogP contribution in [0.1, 0.15) is 32.6 Å². The van der Waals surface area contributed by atoms with Crippen LogP contribution >= 0.6 is 0 Å². The first-order chi connectivity index (χ1) is 7.38. The highest BCUT2D eigenvalue weighted by atomic mass is 16.5. The smallest absolute Gasteiger partial charge is 0.0587 e. The van der Waals surface area contributed by atoms with E-state index in [-0.39, 0.29) is 0 Å². The minimum atomic E-state index is 0.818. The summed E-state index contributed by atoms with van der Waals surface area (Å²) in [4.78, 5) is 2.64. The first-order valence-corrected chi connectivity index (χ1v) is 6.32. The Hall–Kier alpha value is -0.120. The van der Waals surface area contributed by atoms with Gasteiger partial charge >= 0.3 is 0 Å². The summed E-state index contributed by atoms with van der Waals surface area (Å²) in [7, 11) is 1.75. The van der Waals surface area contributed by atoms with Gasteiger partial charge in [-0.25, -0.2) is 0 Å². The third-order valence-corrected chi connectivity index (χ3v) is 2.92. The molecule has 0 unspecified atom stereocenters. The van der Waals surface area contributed by atoms with Crippen LogP contribution in [0.25, 0.3) is 0 Å². The first-order valence-electron chi connectivity index (χ1n) is 6.32. The maximum absolute atomic E-state index is 5.00. The number of nitrogens with zero attached hydrogens (tertiary/aromatic N) is 1. The summed E-state index contributed by atoms with van der Waals surface area (Å²) in [5.74, 6) is 0. The summed E-state index contributed by atoms with van der Waals surface area (Å²) in [6.45, 7) is 7.65. The summed E-state index contributed by atoms with van der Waals surface area (Å²) in [5.41, 5.74) is 0. The van der Waals surface area contributed by atoms with Crippen LogP contribution in [0.2, 0.25) is 0 Å². The molecule has 1 saturated carbocycles. The summed E-state index contributed by atoms with van der Waals surface area (Å²) >= 11 is 0. The van der Waals surface area contributed by atoms with Gasteiger partial charge in [0.25, 0.3) is 0 Å². The monoisotopic (exact) mass is 214 g/mol. The highest BCUT2D eigenvalue weighted by molar-refractivity contribution is 4.84. The molecule has 0 aromatic heterocycles. The van der Waals surface area contributed by atoms with Crippen molar-refractivity contribution in [1.82, 2.24) is 10.2 Å². The second-order valence-electron chi connectivity index (χ2n) is 4.36. The minimum absolute atomic E-state index is 0.818. The Kier molecular flexibility index (Phi) is 6.98. The van der Waals surface area contributed by atoms with Gasteiger partial charge in [0.05, 0.1) is 6.61 Å². The van der Waals surface area contributed by atoms with Gasteiger partial charge in [-0.1, -0.05) is 13.3 Å². The number of hydrogen-bond acceptors (Lipinski definition) is 3. The third-order valence-electron chi connectivity index (χ3n) is 2.92. The molecule has 15 heavy (non-hydrogen) atoms. The van der Waals surface area contributed by atoms with E-state index in [1.54, 1.807) is 7.11 Å². The predicted molar refractivity (Wildman–Crippen MR) is 64.2 cm³/mol. The largest absolute Gasteiger partial charge is 0.383 e. The number of unbranched alkanes of at least 4 members (excludes halogenated alkanes) is 1. The van der Waals surface area contributed by atoms with Gasteiger partial charge in [0.1, 0.15) is 0 Å². The van der Waals surface area contributed by atoms with Crippen LogP contribution in [-0.4, -0.2) is 50.8 Å². The van der Waals surface area contributed by atoms with Crippen molar-refractivity contribution >= 4 is 0 Å². The average molecular weight is 214 g/mol. The van der Waals surface area contributed by atoms with Crippen LogP contribution in [0.5, 0.6) is 0 Å². The second-order valence-corrected chi connectivity index (χ2v) is 4.36. The quantitative estimate of drug-likeness (QED) is 0.558. The normalized spacial score (nSPS) is 16.2. The topological polar surface area (TPSA) is 24.5 Å². The van der Waals surface area contributed by atoms with E-state index in [9.17, 15) is 0 Å². The maximum Gasteiger partial charge on any atom is 0.0587 e. The summed E-state index contributed by atoms with van der Waals surface area (Å²) in [6.07, 6.45) is 5.48. The lowest BCUT2D eigenvalue weighted by atomic mass is 10.3. The van der Waals surface area contributed by atoms with Gasteiger partial charge in [0, 0.05) is 32.8 Å². The molecule has 1 aliphatic rings. The van der Waals surface area contributed by atoms with Crippen molar-refractivity contribution in [1.29, 1.82) is 0 Å². The van der Waals surface area contributed by atoms with E-state index in [1.807, 2.05) is 0 Å². The number of hydrogen-bond donors (Lipinski definition) is 1. The molecule has 0 atom stereocenters. The Morgan fingerprint density at radius 2 is 2.07 bits per heavy atom. The molecule has 0 saturated heterocycles. The van der Waals surface area contributed by atoms with Crippen LogP contribution in [0.15, 0.2) is 0 Å². The standard InChI is InChI=1S/C12H26N2O/c1-3-4-9-14(12-5-6-12)10-7-13-8-11-15-2/h12-13H,3-11H2,1-2H3. The van der Waals surface area contributed by atoms with Gasteiger partial charge in [0.15, 0.2) is 0 Å². The van der Waals surface area contributed by atoms with E-state index < -0.39 is 0 Å². The number of ether oxygens (including phenoxy) is 1. The molecule has 0 heterocycles. The van der Waals surface area contributed by atoms with E-state index >= 15 is 0 Å². The average Bonchev–Trinajstić information content (AvgIpc) is 3.06. The Bertz CT molecular complexity index is 149. The molecule has 0 spiro atoms. The molecule has 1 N–H and O–H groups in total. The van der Waals surface area contributed by atoms with Crippen LogP contribution in [0, 0.1) is 0 Å². The third kappa shape index (κ3) is 6.13. The van der Waals surface area contributed by atoms with Crippen molar-refractivity contribution < 1.29 is 4.74 Å². The zero-order valence-electron chi connectivity index (χ0n) is 10.3. The summed E-state index contributed by atoms with van der Waals surface area (Å²) in [5, 5.41) is 3.41. The first kappa shape index (κ1) is 12.9. The van der Waals surface area contributed by atoms with Gasteiger partial charge in [-0.15, -0.1) is 0 Å². The molecule has 1 aliphatic carbocycles. The van der Waals surface area contributed by atoms with Crippen LogP contribution in [0.3, 0.4) is 0 Å². The number of rotatable bonds is 10. The Labute approximate surface area is 94.2 Å². The van der Waals surface area contributed by atoms with Gasteiger partial charge in [-0.3, -0.25) is 4.90 Å². The fourth-order valence-corrected chi connectivity index (χ4v) is 1.80. The summed E-state index contributed by atoms with van der Waals surface area (Å²) in [6, 6.07) is 0.903. The lowest BCUT2D eigenvalue weighted by Crippen LogP contribution is -2.35. The van der Waals surface area contributed by atoms with E-state index in [4.69, 9.17) is 4.74 Å². The Morgan fingerprint density at radius 1 is 1.27 bits per heavy atom. The highest BCUT2D eigenvalue weighted by Crippen LogP contribution is 2.26. The molecule has 0 aromatic rings. The predicted octanol–water partition coefficient (Wildman–Crippen LogP) is 1.49. The molecule has 90 valence electrons. The van der Waals surface area contributed by atoms with Crippen molar-refractivity contribution in [3.8, 4) is 0 Å². The lowest BCUT2D eigenvalue weighted by Gasteiger charge is -2.21. The van der Waals surface area contributed by atoms with Crippen LogP contribution < -0.4 is 5.32 Å². The molecule has 0 aliphatic heterocycles. The zero-order chi connectivity index (χ0) is 10.9. The second kappa shape index (κ2) is 8.08. The molecule has 0 aromatic carbocycles. The van der Waals surface area contributed by atoms with Crippen molar-refractivity contribution in [3.63, 3.8) is 0 Å². The summed E-state index contributed by atoms with van der Waals surface area (Å²) < 4.78 is 5.00. The zero-order valence-corrected chi connectivity index (χ0v) is 10.3. The Morgan fingerprint density at radius 3 is 2.67 bits per heavy atom. The van der Waals surface area contributed by atoms with E-state index in [1.165, 1.54) is 38.8 Å². The molecule has 1 rings (SSSR count). The molecular formula is C12H26N2O. The molecule has 0 amide bonds. The number of methoxy groups -OCH3 is 1. The fourth-order valence-electron chi connectivity index (χ4n) is 1.80. The lowest BCUT2D eigenvalue weighted by molar-refractivity contribution is 0.195. The van der Waals surface area contributed by atoms with Gasteiger partial charge in [-0.2, -0.15) is 0 Å². The maximum atomic E-state index is 5.00. The van der Waals surface area contributed by atoms with Crippen molar-refractivity contribution in [2.75, 3.05) is 39.9 Å². The number of nitrogens with one attached hydrogen (secondary N) is 1. The van der Waals surface area contributed by atoms with Crippen molar-refractivity contribution in [2.24, 2.45) is 0 Å². The van der Waals surface area contributed by atoms with Crippen molar-refractivity contribution in [3.05, 3.63) is 0 Å². The molecule has 0 bridgehead atoms. The molecular weight excluding hydrogens is 188 g/mol. The SMILES string of the molecule is CCCCN(CCNCCOC)C1CC1. The van der Waals surface area contributed by atoms with E-state index in [0.717, 1.165) is 25.7 Å². The van der Waals surface area contributed by atoms with Gasteiger partial charge < -0.3 is 10.1 Å². The highest BCUT2D eigenvalue weighted by Gasteiger charge is 2.27. The Balaban J connectivity index is 1.98. The fraction of sp³-hybridized carbons (Fsp3) is 1.00. The molecule has 0 radical (unpaired) electrons. The minimum Gasteiger partial charge on any atom is -0.383 e. The van der Waals surface area contributed by atoms with Crippen molar-refractivity contribution in [2.45, 2.75) is 38.6 Å². The molecule has 3 heteroatoms. The van der Waals surface area contributed by atoms with Gasteiger partial charge in [-0.05, 0) is 25.8 Å². The van der Waals surface area contributed by atoms with Gasteiger partial charge in [0.2, 0.25) is 0 Å². The van der Waals surface area contributed by atoms with E-state index in [2.05, 4.69) is 17.1 Å². The van der Waals surface area contributed by atoms with E-state index in [0.29, 0.717) is 0 Å². The van der Waals surface area contributed by atoms with Crippen LogP contribution in [0.4, 0.5) is 0 Å².